The fraction of sp³-hybridized carbons (Fsp3) is 0.455. The number of alkyl halides is 3. The Morgan fingerprint density at radius 2 is 1.76 bits per heavy atom. The summed E-state index contributed by atoms with van der Waals surface area (Å²) in [5.74, 6) is -0.607. The highest BCUT2D eigenvalue weighted by atomic mass is 79.9. The molecule has 2 N–H and O–H groups in total. The second-order valence-corrected chi connectivity index (χ2v) is 5.22. The molecular formula is C11H12BrF4N. The van der Waals surface area contributed by atoms with Crippen LogP contribution in [0.2, 0.25) is 0 Å². The Balaban J connectivity index is 3.17. The first-order chi connectivity index (χ1) is 7.56. The van der Waals surface area contributed by atoms with Crippen LogP contribution < -0.4 is 5.73 Å². The lowest BCUT2D eigenvalue weighted by atomic mass is 9.78. The number of nitrogens with two attached hydrogens (primary N) is 1. The van der Waals surface area contributed by atoms with Crippen LogP contribution in [0.4, 0.5) is 17.6 Å². The van der Waals surface area contributed by atoms with E-state index in [4.69, 9.17) is 5.73 Å². The molecule has 96 valence electrons. The third-order valence-corrected chi connectivity index (χ3v) is 3.44. The van der Waals surface area contributed by atoms with Crippen LogP contribution >= 0.6 is 15.9 Å². The number of hydrogen-bond donors (Lipinski definition) is 1. The summed E-state index contributed by atoms with van der Waals surface area (Å²) in [6, 6.07) is 1.82. The van der Waals surface area contributed by atoms with E-state index in [0.29, 0.717) is 0 Å². The zero-order chi connectivity index (χ0) is 13.4. The molecule has 6 heteroatoms. The second kappa shape index (κ2) is 4.57. The molecule has 0 spiro atoms. The van der Waals surface area contributed by atoms with Gasteiger partial charge in [0.1, 0.15) is 11.9 Å². The number of halogens is 5. The lowest BCUT2D eigenvalue weighted by Crippen LogP contribution is -2.51. The van der Waals surface area contributed by atoms with Crippen molar-refractivity contribution in [2.24, 2.45) is 5.73 Å². The highest BCUT2D eigenvalue weighted by molar-refractivity contribution is 9.10. The van der Waals surface area contributed by atoms with Crippen molar-refractivity contribution in [3.05, 3.63) is 34.1 Å². The van der Waals surface area contributed by atoms with E-state index >= 15 is 0 Å². The molecule has 0 saturated heterocycles. The minimum atomic E-state index is -4.52. The molecule has 0 fully saturated rings. The molecular weight excluding hydrogens is 302 g/mol. The van der Waals surface area contributed by atoms with Gasteiger partial charge in [-0.3, -0.25) is 0 Å². The molecule has 0 amide bonds. The summed E-state index contributed by atoms with van der Waals surface area (Å²) in [6.45, 7) is 2.68. The summed E-state index contributed by atoms with van der Waals surface area (Å²) in [5.41, 5.74) is 4.01. The minimum Gasteiger partial charge on any atom is -0.319 e. The molecule has 0 aliphatic rings. The zero-order valence-corrected chi connectivity index (χ0v) is 10.9. The number of benzene rings is 1. The quantitative estimate of drug-likeness (QED) is 0.827. The first-order valence-corrected chi connectivity index (χ1v) is 5.64. The molecule has 17 heavy (non-hydrogen) atoms. The first-order valence-electron chi connectivity index (χ1n) is 4.84. The highest BCUT2D eigenvalue weighted by Crippen LogP contribution is 2.36. The van der Waals surface area contributed by atoms with Gasteiger partial charge in [-0.2, -0.15) is 13.2 Å². The first kappa shape index (κ1) is 14.4. The zero-order valence-electron chi connectivity index (χ0n) is 9.28. The molecule has 1 nitrogen and oxygen atoms in total. The fourth-order valence-electron chi connectivity index (χ4n) is 1.49. The van der Waals surface area contributed by atoms with Crippen molar-refractivity contribution in [2.75, 3.05) is 0 Å². The Labute approximate surface area is 105 Å². The van der Waals surface area contributed by atoms with Crippen LogP contribution in [0.1, 0.15) is 19.4 Å². The van der Waals surface area contributed by atoms with Gasteiger partial charge in [0.15, 0.2) is 0 Å². The topological polar surface area (TPSA) is 26.0 Å². The summed E-state index contributed by atoms with van der Waals surface area (Å²) in [6.07, 6.45) is -4.52. The highest BCUT2D eigenvalue weighted by Gasteiger charge is 2.47. The maximum Gasteiger partial charge on any atom is 0.404 e. The SMILES string of the molecule is CC(C)(c1ccc(Br)c(F)c1)C(N)C(F)(F)F. The van der Waals surface area contributed by atoms with Crippen molar-refractivity contribution in [2.45, 2.75) is 31.5 Å². The van der Waals surface area contributed by atoms with Gasteiger partial charge >= 0.3 is 6.18 Å². The van der Waals surface area contributed by atoms with Crippen molar-refractivity contribution >= 4 is 15.9 Å². The Bertz CT molecular complexity index is 414. The van der Waals surface area contributed by atoms with E-state index in [1.54, 1.807) is 0 Å². The van der Waals surface area contributed by atoms with Crippen LogP contribution in [-0.2, 0) is 5.41 Å². The normalized spacial score (nSPS) is 14.8. The third-order valence-electron chi connectivity index (χ3n) is 2.79. The molecule has 0 aromatic heterocycles. The van der Waals surface area contributed by atoms with Crippen LogP contribution in [0.5, 0.6) is 0 Å². The summed E-state index contributed by atoms with van der Waals surface area (Å²) in [4.78, 5) is 0. The van der Waals surface area contributed by atoms with Crippen molar-refractivity contribution < 1.29 is 17.6 Å². The van der Waals surface area contributed by atoms with Gasteiger partial charge in [0, 0.05) is 5.41 Å². The van der Waals surface area contributed by atoms with Crippen molar-refractivity contribution in [3.8, 4) is 0 Å². The van der Waals surface area contributed by atoms with E-state index in [1.165, 1.54) is 26.0 Å². The summed E-state index contributed by atoms with van der Waals surface area (Å²) >= 11 is 2.94. The number of hydrogen-bond acceptors (Lipinski definition) is 1. The smallest absolute Gasteiger partial charge is 0.319 e. The largest absolute Gasteiger partial charge is 0.404 e. The van der Waals surface area contributed by atoms with Crippen molar-refractivity contribution in [1.29, 1.82) is 0 Å². The molecule has 0 aliphatic carbocycles. The number of rotatable bonds is 2. The van der Waals surface area contributed by atoms with Crippen molar-refractivity contribution in [3.63, 3.8) is 0 Å². The lowest BCUT2D eigenvalue weighted by molar-refractivity contribution is -0.160. The van der Waals surface area contributed by atoms with Gasteiger partial charge in [0.05, 0.1) is 4.47 Å². The maximum absolute atomic E-state index is 13.3. The van der Waals surface area contributed by atoms with E-state index in [0.717, 1.165) is 6.07 Å². The van der Waals surface area contributed by atoms with E-state index in [-0.39, 0.29) is 10.0 Å². The van der Waals surface area contributed by atoms with Crippen LogP contribution in [-0.4, -0.2) is 12.2 Å². The Morgan fingerprint density at radius 3 is 2.18 bits per heavy atom. The van der Waals surface area contributed by atoms with E-state index in [2.05, 4.69) is 15.9 Å². The molecule has 0 radical (unpaired) electrons. The predicted molar refractivity (Wildman–Crippen MR) is 61.2 cm³/mol. The van der Waals surface area contributed by atoms with Gasteiger partial charge in [-0.05, 0) is 33.6 Å². The minimum absolute atomic E-state index is 0.206. The fourth-order valence-corrected chi connectivity index (χ4v) is 1.73. The molecule has 0 heterocycles. The van der Waals surface area contributed by atoms with Crippen LogP contribution in [0.3, 0.4) is 0 Å². The van der Waals surface area contributed by atoms with Crippen LogP contribution in [0.25, 0.3) is 0 Å². The molecule has 1 aromatic carbocycles. The molecule has 0 saturated carbocycles. The molecule has 0 bridgehead atoms. The van der Waals surface area contributed by atoms with E-state index < -0.39 is 23.5 Å². The van der Waals surface area contributed by atoms with Gasteiger partial charge in [0.2, 0.25) is 0 Å². The molecule has 1 aromatic rings. The Kier molecular flexibility index (Phi) is 3.88. The predicted octanol–water partition coefficient (Wildman–Crippen LogP) is 3.76. The van der Waals surface area contributed by atoms with E-state index in [1.807, 2.05) is 0 Å². The van der Waals surface area contributed by atoms with Crippen molar-refractivity contribution in [1.82, 2.24) is 0 Å². The van der Waals surface area contributed by atoms with Gasteiger partial charge in [-0.25, -0.2) is 4.39 Å². The molecule has 1 rings (SSSR count). The van der Waals surface area contributed by atoms with Gasteiger partial charge in [0.25, 0.3) is 0 Å². The Morgan fingerprint density at radius 1 is 1.24 bits per heavy atom. The third kappa shape index (κ3) is 2.98. The summed E-state index contributed by atoms with van der Waals surface area (Å²) in [5, 5.41) is 0. The average Bonchev–Trinajstić information content (AvgIpc) is 2.19. The van der Waals surface area contributed by atoms with Crippen LogP contribution in [0.15, 0.2) is 22.7 Å². The lowest BCUT2D eigenvalue weighted by Gasteiger charge is -2.33. The summed E-state index contributed by atoms with van der Waals surface area (Å²) in [7, 11) is 0. The molecule has 0 aliphatic heterocycles. The molecule has 1 unspecified atom stereocenters. The van der Waals surface area contributed by atoms with Gasteiger partial charge in [-0.1, -0.05) is 19.9 Å². The monoisotopic (exact) mass is 313 g/mol. The second-order valence-electron chi connectivity index (χ2n) is 4.37. The van der Waals surface area contributed by atoms with Crippen LogP contribution in [0, 0.1) is 5.82 Å². The van der Waals surface area contributed by atoms with Gasteiger partial charge in [-0.15, -0.1) is 0 Å². The standard InChI is InChI=1S/C11H12BrF4N/c1-10(2,9(17)11(14,15)16)6-3-4-7(12)8(13)5-6/h3-5,9H,17H2,1-2H3. The van der Waals surface area contributed by atoms with Gasteiger partial charge < -0.3 is 5.73 Å². The summed E-state index contributed by atoms with van der Waals surface area (Å²) < 4.78 is 51.3. The average molecular weight is 314 g/mol. The van der Waals surface area contributed by atoms with E-state index in [9.17, 15) is 17.6 Å². The molecule has 1 atom stereocenters. The Hall–Kier alpha value is -0.620. The maximum atomic E-state index is 13.3.